The maximum Gasteiger partial charge on any atom is 0.148 e. The number of sulfone groups is 1. The molecule has 0 aliphatic carbocycles. The number of nitrogens with zero attached hydrogens (tertiary/aromatic N) is 1. The van der Waals surface area contributed by atoms with Gasteiger partial charge in [0, 0.05) is 24.9 Å². The van der Waals surface area contributed by atoms with Crippen molar-refractivity contribution in [2.75, 3.05) is 18.6 Å². The van der Waals surface area contributed by atoms with Crippen LogP contribution in [0.15, 0.2) is 0 Å². The van der Waals surface area contributed by atoms with Crippen LogP contribution in [0.2, 0.25) is 0 Å². The van der Waals surface area contributed by atoms with E-state index in [1.165, 1.54) is 25.5 Å². The van der Waals surface area contributed by atoms with E-state index in [4.69, 9.17) is 0 Å². The molecule has 0 spiro atoms. The highest BCUT2D eigenvalue weighted by molar-refractivity contribution is 7.90. The first kappa shape index (κ1) is 12.0. The van der Waals surface area contributed by atoms with Gasteiger partial charge in [0.1, 0.15) is 9.84 Å². The van der Waals surface area contributed by atoms with E-state index in [-0.39, 0.29) is 0 Å². The van der Waals surface area contributed by atoms with Gasteiger partial charge in [0.2, 0.25) is 0 Å². The van der Waals surface area contributed by atoms with Crippen LogP contribution in [0, 0.1) is 0 Å². The van der Waals surface area contributed by atoms with Crippen LogP contribution >= 0.6 is 0 Å². The highest BCUT2D eigenvalue weighted by Crippen LogP contribution is 2.21. The van der Waals surface area contributed by atoms with Crippen LogP contribution in [0.3, 0.4) is 0 Å². The van der Waals surface area contributed by atoms with E-state index in [9.17, 15) is 8.42 Å². The number of piperidine rings is 1. The van der Waals surface area contributed by atoms with E-state index in [0.29, 0.717) is 24.4 Å². The van der Waals surface area contributed by atoms with Gasteiger partial charge in [-0.05, 0) is 26.7 Å². The van der Waals surface area contributed by atoms with Crippen LogP contribution in [0.25, 0.3) is 0 Å². The van der Waals surface area contributed by atoms with Crippen molar-refractivity contribution in [1.82, 2.24) is 4.90 Å². The van der Waals surface area contributed by atoms with E-state index in [1.807, 2.05) is 0 Å². The van der Waals surface area contributed by atoms with Crippen molar-refractivity contribution in [1.29, 1.82) is 0 Å². The summed E-state index contributed by atoms with van der Waals surface area (Å²) in [6, 6.07) is 1.08. The van der Waals surface area contributed by atoms with E-state index in [2.05, 4.69) is 18.7 Å². The lowest BCUT2D eigenvalue weighted by Crippen LogP contribution is -2.45. The minimum atomic E-state index is -2.81. The maximum absolute atomic E-state index is 11.1. The molecule has 0 radical (unpaired) electrons. The summed E-state index contributed by atoms with van der Waals surface area (Å²) in [7, 11) is -2.81. The molecule has 4 heteroatoms. The average molecular weight is 219 g/mol. The molecule has 2 atom stereocenters. The Morgan fingerprint density at radius 1 is 1.21 bits per heavy atom. The SMILES string of the molecule is C[C@@H]1CCC[C@@H](C)N1CCS(C)(=O)=O. The first-order valence-electron chi connectivity index (χ1n) is 5.33. The van der Waals surface area contributed by atoms with Gasteiger partial charge in [-0.3, -0.25) is 4.90 Å². The Morgan fingerprint density at radius 2 is 1.71 bits per heavy atom. The predicted octanol–water partition coefficient (Wildman–Crippen LogP) is 1.29. The maximum atomic E-state index is 11.1. The third kappa shape index (κ3) is 3.58. The molecule has 1 fully saturated rings. The van der Waals surface area contributed by atoms with Crippen molar-refractivity contribution in [2.24, 2.45) is 0 Å². The molecule has 0 bridgehead atoms. The molecule has 1 aliphatic heterocycles. The van der Waals surface area contributed by atoms with Crippen molar-refractivity contribution in [2.45, 2.75) is 45.2 Å². The van der Waals surface area contributed by atoms with Gasteiger partial charge in [-0.2, -0.15) is 0 Å². The smallest absolute Gasteiger partial charge is 0.148 e. The standard InChI is InChI=1S/C10H21NO2S/c1-9-5-4-6-10(2)11(9)7-8-14(3,12)13/h9-10H,4-8H2,1-3H3/t9-,10-/m1/s1. The van der Waals surface area contributed by atoms with Crippen molar-refractivity contribution >= 4 is 9.84 Å². The number of rotatable bonds is 3. The normalized spacial score (nSPS) is 30.5. The molecule has 1 aliphatic rings. The van der Waals surface area contributed by atoms with Crippen molar-refractivity contribution in [3.63, 3.8) is 0 Å². The van der Waals surface area contributed by atoms with Crippen molar-refractivity contribution in [3.8, 4) is 0 Å². The van der Waals surface area contributed by atoms with Gasteiger partial charge in [0.25, 0.3) is 0 Å². The van der Waals surface area contributed by atoms with Gasteiger partial charge in [-0.1, -0.05) is 6.42 Å². The van der Waals surface area contributed by atoms with Crippen molar-refractivity contribution < 1.29 is 8.42 Å². The third-order valence-electron chi connectivity index (χ3n) is 3.10. The summed E-state index contributed by atoms with van der Waals surface area (Å²) >= 11 is 0. The average Bonchev–Trinajstić information content (AvgIpc) is 2.01. The van der Waals surface area contributed by atoms with Crippen molar-refractivity contribution in [3.05, 3.63) is 0 Å². The molecule has 0 N–H and O–H groups in total. The molecule has 1 heterocycles. The topological polar surface area (TPSA) is 37.4 Å². The Bertz CT molecular complexity index is 264. The minimum Gasteiger partial charge on any atom is -0.297 e. The molecule has 84 valence electrons. The van der Waals surface area contributed by atoms with Gasteiger partial charge < -0.3 is 0 Å². The lowest BCUT2D eigenvalue weighted by molar-refractivity contribution is 0.112. The monoisotopic (exact) mass is 219 g/mol. The fourth-order valence-electron chi connectivity index (χ4n) is 2.19. The minimum absolute atomic E-state index is 0.293. The molecule has 0 unspecified atom stereocenters. The molecule has 1 rings (SSSR count). The molecule has 0 aromatic rings. The number of hydrogen-bond donors (Lipinski definition) is 0. The summed E-state index contributed by atoms with van der Waals surface area (Å²) in [6.45, 7) is 5.08. The molecular formula is C10H21NO2S. The summed E-state index contributed by atoms with van der Waals surface area (Å²) in [5.74, 6) is 0.293. The number of hydrogen-bond acceptors (Lipinski definition) is 3. The van der Waals surface area contributed by atoms with Gasteiger partial charge in [0.15, 0.2) is 0 Å². The summed E-state index contributed by atoms with van der Waals surface area (Å²) in [4.78, 5) is 2.32. The van der Waals surface area contributed by atoms with Crippen LogP contribution in [0.1, 0.15) is 33.1 Å². The van der Waals surface area contributed by atoms with E-state index >= 15 is 0 Å². The Labute approximate surface area is 87.4 Å². The molecule has 0 amide bonds. The van der Waals surface area contributed by atoms with Crippen LogP contribution in [-0.2, 0) is 9.84 Å². The number of likely N-dealkylation sites (tertiary alicyclic amines) is 1. The van der Waals surface area contributed by atoms with Gasteiger partial charge in [0.05, 0.1) is 5.75 Å². The highest BCUT2D eigenvalue weighted by atomic mass is 32.2. The third-order valence-corrected chi connectivity index (χ3v) is 4.02. The zero-order valence-electron chi connectivity index (χ0n) is 9.36. The van der Waals surface area contributed by atoms with Crippen LogP contribution in [0.5, 0.6) is 0 Å². The van der Waals surface area contributed by atoms with Crippen LogP contribution < -0.4 is 0 Å². The predicted molar refractivity (Wildman–Crippen MR) is 59.2 cm³/mol. The molecular weight excluding hydrogens is 198 g/mol. The summed E-state index contributed by atoms with van der Waals surface area (Å²) < 4.78 is 22.1. The Kier molecular flexibility index (Phi) is 3.95. The molecule has 0 aromatic carbocycles. The Balaban J connectivity index is 2.48. The quantitative estimate of drug-likeness (QED) is 0.718. The first-order valence-corrected chi connectivity index (χ1v) is 7.39. The Morgan fingerprint density at radius 3 is 2.14 bits per heavy atom. The van der Waals surface area contributed by atoms with Gasteiger partial charge in [-0.15, -0.1) is 0 Å². The zero-order chi connectivity index (χ0) is 10.8. The zero-order valence-corrected chi connectivity index (χ0v) is 10.2. The molecule has 0 aromatic heterocycles. The second-order valence-corrected chi connectivity index (χ2v) is 6.76. The largest absolute Gasteiger partial charge is 0.297 e. The second-order valence-electron chi connectivity index (χ2n) is 4.50. The fraction of sp³-hybridized carbons (Fsp3) is 1.00. The summed E-state index contributed by atoms with van der Waals surface area (Å²) in [5, 5.41) is 0. The lowest BCUT2D eigenvalue weighted by Gasteiger charge is -2.38. The summed E-state index contributed by atoms with van der Waals surface area (Å²) in [6.07, 6.45) is 4.99. The van der Waals surface area contributed by atoms with Gasteiger partial charge in [-0.25, -0.2) is 8.42 Å². The van der Waals surface area contributed by atoms with Crippen LogP contribution in [-0.4, -0.2) is 44.0 Å². The lowest BCUT2D eigenvalue weighted by atomic mass is 9.98. The Hall–Kier alpha value is -0.0900. The molecule has 14 heavy (non-hydrogen) atoms. The highest BCUT2D eigenvalue weighted by Gasteiger charge is 2.24. The second kappa shape index (κ2) is 4.62. The van der Waals surface area contributed by atoms with E-state index < -0.39 is 9.84 Å². The first-order chi connectivity index (χ1) is 6.40. The molecule has 0 saturated carbocycles. The summed E-state index contributed by atoms with van der Waals surface area (Å²) in [5.41, 5.74) is 0. The fourth-order valence-corrected chi connectivity index (χ4v) is 2.73. The van der Waals surface area contributed by atoms with E-state index in [1.54, 1.807) is 0 Å². The molecule has 1 saturated heterocycles. The molecule has 3 nitrogen and oxygen atoms in total. The van der Waals surface area contributed by atoms with Crippen LogP contribution in [0.4, 0.5) is 0 Å². The van der Waals surface area contributed by atoms with Gasteiger partial charge >= 0.3 is 0 Å². The van der Waals surface area contributed by atoms with E-state index in [0.717, 1.165) is 0 Å².